The zero-order valence-electron chi connectivity index (χ0n) is 7.13. The van der Waals surface area contributed by atoms with Crippen LogP contribution >= 0.6 is 0 Å². The van der Waals surface area contributed by atoms with Gasteiger partial charge in [0.15, 0.2) is 0 Å². The molecule has 0 aromatic heterocycles. The molecule has 0 bridgehead atoms. The third-order valence-electron chi connectivity index (χ3n) is 2.37. The zero-order chi connectivity index (χ0) is 9.26. The van der Waals surface area contributed by atoms with Crippen LogP contribution in [0.4, 0.5) is 8.78 Å². The summed E-state index contributed by atoms with van der Waals surface area (Å²) in [4.78, 5) is 0. The molecule has 0 saturated carbocycles. The van der Waals surface area contributed by atoms with E-state index in [1.165, 1.54) is 11.1 Å². The summed E-state index contributed by atoms with van der Waals surface area (Å²) in [5.41, 5.74) is 2.44. The fraction of sp³-hybridized carbons (Fsp3) is 0.400. The van der Waals surface area contributed by atoms with Crippen LogP contribution in [-0.2, 0) is 6.42 Å². The van der Waals surface area contributed by atoms with E-state index in [1.54, 1.807) is 0 Å². The van der Waals surface area contributed by atoms with Crippen molar-refractivity contribution in [3.63, 3.8) is 0 Å². The molecule has 13 heavy (non-hydrogen) atoms. The first-order chi connectivity index (χ1) is 6.27. The Kier molecular flexibility index (Phi) is 2.27. The third kappa shape index (κ3) is 1.70. The van der Waals surface area contributed by atoms with Crippen molar-refractivity contribution in [3.8, 4) is 0 Å². The van der Waals surface area contributed by atoms with E-state index in [2.05, 4.69) is 5.32 Å². The number of nitrogens with one attached hydrogen (secondary N) is 1. The maximum absolute atomic E-state index is 11.9. The molecular weight excluding hydrogens is 172 g/mol. The van der Waals surface area contributed by atoms with Gasteiger partial charge in [0.25, 0.3) is 6.43 Å². The lowest BCUT2D eigenvalue weighted by Crippen LogP contribution is -2.34. The second-order valence-corrected chi connectivity index (χ2v) is 3.25. The molecule has 1 N–H and O–H groups in total. The molecule has 0 aliphatic heterocycles. The van der Waals surface area contributed by atoms with Crippen molar-refractivity contribution >= 4 is 0 Å². The number of fused-ring (bicyclic) bond motifs is 1. The lowest BCUT2D eigenvalue weighted by Gasteiger charge is -2.30. The molecule has 1 unspecified atom stereocenters. The molecule has 0 amide bonds. The number of halogens is 2. The molecule has 0 saturated heterocycles. The van der Waals surface area contributed by atoms with Gasteiger partial charge in [-0.25, -0.2) is 8.78 Å². The summed E-state index contributed by atoms with van der Waals surface area (Å²) < 4.78 is 23.7. The van der Waals surface area contributed by atoms with E-state index in [-0.39, 0.29) is 12.6 Å². The van der Waals surface area contributed by atoms with E-state index in [0.717, 1.165) is 6.42 Å². The van der Waals surface area contributed by atoms with Gasteiger partial charge in [0.1, 0.15) is 0 Å². The molecule has 0 radical (unpaired) electrons. The standard InChI is InChI=1S/C10H11F2N/c11-10(12)6-13-9-5-7-3-1-2-4-8(7)9/h1-4,9-10,13H,5-6H2. The van der Waals surface area contributed by atoms with Crippen molar-refractivity contribution in [2.45, 2.75) is 18.9 Å². The van der Waals surface area contributed by atoms with Crippen LogP contribution in [0.5, 0.6) is 0 Å². The monoisotopic (exact) mass is 183 g/mol. The summed E-state index contributed by atoms with van der Waals surface area (Å²) in [7, 11) is 0. The second-order valence-electron chi connectivity index (χ2n) is 3.25. The fourth-order valence-electron chi connectivity index (χ4n) is 1.67. The highest BCUT2D eigenvalue weighted by Crippen LogP contribution is 2.32. The maximum atomic E-state index is 11.9. The summed E-state index contributed by atoms with van der Waals surface area (Å²) in [6.07, 6.45) is -1.38. The lowest BCUT2D eigenvalue weighted by molar-refractivity contribution is 0.139. The summed E-state index contributed by atoms with van der Waals surface area (Å²) >= 11 is 0. The van der Waals surface area contributed by atoms with Crippen LogP contribution in [0, 0.1) is 0 Å². The molecule has 0 heterocycles. The van der Waals surface area contributed by atoms with Gasteiger partial charge in [0.2, 0.25) is 0 Å². The van der Waals surface area contributed by atoms with Gasteiger partial charge >= 0.3 is 0 Å². The highest BCUT2D eigenvalue weighted by molar-refractivity contribution is 5.39. The van der Waals surface area contributed by atoms with Gasteiger partial charge in [0.05, 0.1) is 6.54 Å². The Bertz CT molecular complexity index is 299. The van der Waals surface area contributed by atoms with Gasteiger partial charge in [-0.05, 0) is 17.5 Å². The van der Waals surface area contributed by atoms with Gasteiger partial charge < -0.3 is 5.32 Å². The van der Waals surface area contributed by atoms with Crippen LogP contribution in [0.1, 0.15) is 17.2 Å². The van der Waals surface area contributed by atoms with Crippen molar-refractivity contribution in [2.75, 3.05) is 6.54 Å². The van der Waals surface area contributed by atoms with E-state index in [4.69, 9.17) is 0 Å². The molecule has 1 aliphatic rings. The predicted molar refractivity (Wildman–Crippen MR) is 46.9 cm³/mol. The summed E-state index contributed by atoms with van der Waals surface area (Å²) in [5.74, 6) is 0. The van der Waals surface area contributed by atoms with Crippen LogP contribution in [0.25, 0.3) is 0 Å². The average molecular weight is 183 g/mol. The first-order valence-electron chi connectivity index (χ1n) is 4.36. The number of alkyl halides is 2. The van der Waals surface area contributed by atoms with Gasteiger partial charge in [-0.3, -0.25) is 0 Å². The normalized spacial score (nSPS) is 19.8. The topological polar surface area (TPSA) is 12.0 Å². The lowest BCUT2D eigenvalue weighted by atomic mass is 9.83. The summed E-state index contributed by atoms with van der Waals surface area (Å²) in [6.45, 7) is -0.209. The minimum absolute atomic E-state index is 0.144. The minimum Gasteiger partial charge on any atom is -0.304 e. The second kappa shape index (κ2) is 3.42. The van der Waals surface area contributed by atoms with Crippen LogP contribution in [0.2, 0.25) is 0 Å². The van der Waals surface area contributed by atoms with E-state index in [1.807, 2.05) is 24.3 Å². The Morgan fingerprint density at radius 1 is 1.38 bits per heavy atom. The van der Waals surface area contributed by atoms with Gasteiger partial charge in [-0.1, -0.05) is 24.3 Å². The SMILES string of the molecule is FC(F)CNC1Cc2ccccc21. The molecule has 1 aliphatic carbocycles. The smallest absolute Gasteiger partial charge is 0.250 e. The minimum atomic E-state index is -2.26. The van der Waals surface area contributed by atoms with E-state index in [9.17, 15) is 8.78 Å². The molecule has 70 valence electrons. The zero-order valence-corrected chi connectivity index (χ0v) is 7.13. The Morgan fingerprint density at radius 2 is 2.15 bits per heavy atom. The Labute approximate surface area is 75.8 Å². The Morgan fingerprint density at radius 3 is 2.85 bits per heavy atom. The third-order valence-corrected chi connectivity index (χ3v) is 2.37. The predicted octanol–water partition coefficient (Wildman–Crippen LogP) is 2.14. The maximum Gasteiger partial charge on any atom is 0.250 e. The van der Waals surface area contributed by atoms with Crippen molar-refractivity contribution in [3.05, 3.63) is 35.4 Å². The largest absolute Gasteiger partial charge is 0.304 e. The van der Waals surface area contributed by atoms with E-state index >= 15 is 0 Å². The first kappa shape index (κ1) is 8.63. The molecular formula is C10H11F2N. The fourth-order valence-corrected chi connectivity index (χ4v) is 1.67. The average Bonchev–Trinajstić information content (AvgIpc) is 2.06. The molecule has 1 atom stereocenters. The number of benzene rings is 1. The molecule has 0 fully saturated rings. The van der Waals surface area contributed by atoms with Crippen LogP contribution < -0.4 is 5.32 Å². The van der Waals surface area contributed by atoms with E-state index < -0.39 is 6.43 Å². The van der Waals surface area contributed by atoms with Crippen molar-refractivity contribution in [2.24, 2.45) is 0 Å². The van der Waals surface area contributed by atoms with Gasteiger partial charge in [-0.2, -0.15) is 0 Å². The number of rotatable bonds is 3. The molecule has 1 nitrogen and oxygen atoms in total. The van der Waals surface area contributed by atoms with Gasteiger partial charge in [0, 0.05) is 6.04 Å². The van der Waals surface area contributed by atoms with Crippen molar-refractivity contribution in [1.82, 2.24) is 5.32 Å². The summed E-state index contributed by atoms with van der Waals surface area (Å²) in [6, 6.07) is 8.08. The number of hydrogen-bond acceptors (Lipinski definition) is 1. The highest BCUT2D eigenvalue weighted by Gasteiger charge is 2.25. The Balaban J connectivity index is 1.94. The quantitative estimate of drug-likeness (QED) is 0.757. The van der Waals surface area contributed by atoms with Crippen LogP contribution in [0.3, 0.4) is 0 Å². The first-order valence-corrected chi connectivity index (χ1v) is 4.36. The molecule has 2 rings (SSSR count). The van der Waals surface area contributed by atoms with Gasteiger partial charge in [-0.15, -0.1) is 0 Å². The number of hydrogen-bond donors (Lipinski definition) is 1. The molecule has 1 aromatic carbocycles. The Hall–Kier alpha value is -0.960. The molecule has 0 spiro atoms. The molecule has 1 aromatic rings. The summed E-state index contributed by atoms with van der Waals surface area (Å²) in [5, 5.41) is 2.82. The van der Waals surface area contributed by atoms with Crippen LogP contribution in [0.15, 0.2) is 24.3 Å². The van der Waals surface area contributed by atoms with E-state index in [0.29, 0.717) is 0 Å². The van der Waals surface area contributed by atoms with Crippen molar-refractivity contribution < 1.29 is 8.78 Å². The highest BCUT2D eigenvalue weighted by atomic mass is 19.3. The van der Waals surface area contributed by atoms with Crippen LogP contribution in [-0.4, -0.2) is 13.0 Å². The van der Waals surface area contributed by atoms with Crippen molar-refractivity contribution in [1.29, 1.82) is 0 Å². The molecule has 3 heteroatoms.